The normalized spacial score (nSPS) is 9.32. The van der Waals surface area contributed by atoms with Crippen molar-refractivity contribution in [2.75, 3.05) is 17.6 Å². The maximum Gasteiger partial charge on any atom is 0.0945 e. The fraction of sp³-hybridized carbons (Fsp3) is 0.308. The van der Waals surface area contributed by atoms with Gasteiger partial charge in [0.1, 0.15) is 0 Å². The number of aromatic nitrogens is 2. The van der Waals surface area contributed by atoms with Crippen LogP contribution in [0.4, 0.5) is 11.4 Å². The zero-order chi connectivity index (χ0) is 12.1. The van der Waals surface area contributed by atoms with Crippen molar-refractivity contribution in [1.29, 1.82) is 0 Å². The summed E-state index contributed by atoms with van der Waals surface area (Å²) in [7, 11) is 0. The molecule has 0 radical (unpaired) electrons. The number of rotatable bonds is 5. The molecule has 0 saturated heterocycles. The molecule has 4 nitrogen and oxygen atoms in total. The van der Waals surface area contributed by atoms with Crippen LogP contribution in [0.25, 0.3) is 0 Å². The second-order valence-electron chi connectivity index (χ2n) is 4.15. The van der Waals surface area contributed by atoms with Crippen molar-refractivity contribution < 1.29 is 0 Å². The lowest BCUT2D eigenvalue weighted by molar-refractivity contribution is 0.661. The van der Waals surface area contributed by atoms with Gasteiger partial charge >= 0.3 is 0 Å². The Morgan fingerprint density at radius 3 is 2.74 bits per heavy atom. The van der Waals surface area contributed by atoms with Crippen molar-refractivity contribution in [3.8, 4) is 0 Å². The van der Waals surface area contributed by atoms with E-state index in [2.05, 4.69) is 20.9 Å². The Labute approximate surface area is 126 Å². The zero-order valence-electron chi connectivity index (χ0n) is 10.9. The molecule has 1 aromatic carbocycles. The van der Waals surface area contributed by atoms with Crippen molar-refractivity contribution in [3.05, 3.63) is 42.5 Å². The third-order valence-corrected chi connectivity index (χ3v) is 2.75. The summed E-state index contributed by atoms with van der Waals surface area (Å²) >= 11 is 0. The Balaban J connectivity index is 0.00000162. The number of hydrogen-bond acceptors (Lipinski definition) is 3. The first-order valence-corrected chi connectivity index (χ1v) is 5.81. The number of benzene rings is 1. The first-order chi connectivity index (χ1) is 8.25. The van der Waals surface area contributed by atoms with Gasteiger partial charge in [0.15, 0.2) is 0 Å². The number of anilines is 2. The lowest BCUT2D eigenvalue weighted by Gasteiger charge is -2.08. The highest BCUT2D eigenvalue weighted by Crippen LogP contribution is 2.16. The first-order valence-electron chi connectivity index (χ1n) is 5.81. The van der Waals surface area contributed by atoms with Crippen LogP contribution >= 0.6 is 24.8 Å². The molecule has 0 spiro atoms. The number of nitrogens with zero attached hydrogens (tertiary/aromatic N) is 2. The summed E-state index contributed by atoms with van der Waals surface area (Å²) < 4.78 is 2.08. The maximum atomic E-state index is 5.77. The van der Waals surface area contributed by atoms with Gasteiger partial charge in [0, 0.05) is 36.9 Å². The van der Waals surface area contributed by atoms with E-state index in [-0.39, 0.29) is 24.8 Å². The van der Waals surface area contributed by atoms with Gasteiger partial charge in [-0.15, -0.1) is 24.8 Å². The lowest BCUT2D eigenvalue weighted by Crippen LogP contribution is -2.06. The minimum Gasteiger partial charge on any atom is -0.399 e. The van der Waals surface area contributed by atoms with Gasteiger partial charge in [-0.05, 0) is 37.1 Å². The van der Waals surface area contributed by atoms with E-state index in [9.17, 15) is 0 Å². The lowest BCUT2D eigenvalue weighted by atomic mass is 10.2. The van der Waals surface area contributed by atoms with Crippen molar-refractivity contribution >= 4 is 36.2 Å². The average Bonchev–Trinajstić information content (AvgIpc) is 2.82. The largest absolute Gasteiger partial charge is 0.399 e. The van der Waals surface area contributed by atoms with Crippen LogP contribution in [0.5, 0.6) is 0 Å². The Morgan fingerprint density at radius 1 is 1.32 bits per heavy atom. The number of nitrogens with one attached hydrogen (secondary N) is 1. The standard InChI is InChI=1S/C13H18N4.2ClH/c1-11-9-12(3-4-13(11)14)16-5-2-7-17-8-6-15-10-17;;/h3-4,6,8-10,16H,2,5,7,14H2,1H3;2*1H. The molecule has 0 aliphatic carbocycles. The van der Waals surface area contributed by atoms with Gasteiger partial charge in [0.05, 0.1) is 6.33 Å². The summed E-state index contributed by atoms with van der Waals surface area (Å²) in [6.07, 6.45) is 6.69. The molecule has 0 bridgehead atoms. The molecule has 0 aliphatic rings. The smallest absolute Gasteiger partial charge is 0.0945 e. The fourth-order valence-corrected chi connectivity index (χ4v) is 1.70. The highest BCUT2D eigenvalue weighted by atomic mass is 35.5. The van der Waals surface area contributed by atoms with Crippen molar-refractivity contribution in [2.45, 2.75) is 19.9 Å². The van der Waals surface area contributed by atoms with E-state index in [1.54, 1.807) is 6.20 Å². The molecule has 0 saturated carbocycles. The third kappa shape index (κ3) is 5.41. The molecule has 0 atom stereocenters. The highest BCUT2D eigenvalue weighted by Gasteiger charge is 1.96. The molecular formula is C13H20Cl2N4. The van der Waals surface area contributed by atoms with Crippen LogP contribution in [0.3, 0.4) is 0 Å². The monoisotopic (exact) mass is 302 g/mol. The summed E-state index contributed by atoms with van der Waals surface area (Å²) in [5, 5.41) is 3.39. The molecule has 0 fully saturated rings. The Morgan fingerprint density at radius 2 is 2.11 bits per heavy atom. The third-order valence-electron chi connectivity index (χ3n) is 2.75. The second kappa shape index (κ2) is 8.67. The number of halogens is 2. The molecule has 2 aromatic rings. The molecular weight excluding hydrogens is 283 g/mol. The van der Waals surface area contributed by atoms with Gasteiger partial charge in [-0.1, -0.05) is 0 Å². The molecule has 0 unspecified atom stereocenters. The average molecular weight is 303 g/mol. The summed E-state index contributed by atoms with van der Waals surface area (Å²) in [5.74, 6) is 0. The molecule has 0 aliphatic heterocycles. The Hall–Kier alpha value is -1.39. The van der Waals surface area contributed by atoms with Crippen LogP contribution in [-0.2, 0) is 6.54 Å². The van der Waals surface area contributed by atoms with Crippen molar-refractivity contribution in [3.63, 3.8) is 0 Å². The molecule has 106 valence electrons. The van der Waals surface area contributed by atoms with Gasteiger partial charge in [-0.2, -0.15) is 0 Å². The van der Waals surface area contributed by atoms with Gasteiger partial charge in [-0.25, -0.2) is 4.98 Å². The van der Waals surface area contributed by atoms with Crippen molar-refractivity contribution in [1.82, 2.24) is 9.55 Å². The van der Waals surface area contributed by atoms with Crippen LogP contribution in [0.1, 0.15) is 12.0 Å². The van der Waals surface area contributed by atoms with E-state index in [0.29, 0.717) is 0 Å². The van der Waals surface area contributed by atoms with E-state index in [0.717, 1.165) is 36.4 Å². The van der Waals surface area contributed by atoms with Crippen molar-refractivity contribution in [2.24, 2.45) is 0 Å². The highest BCUT2D eigenvalue weighted by molar-refractivity contribution is 5.85. The fourth-order valence-electron chi connectivity index (χ4n) is 1.70. The van der Waals surface area contributed by atoms with E-state index >= 15 is 0 Å². The van der Waals surface area contributed by atoms with Gasteiger partial charge < -0.3 is 15.6 Å². The van der Waals surface area contributed by atoms with Crippen LogP contribution < -0.4 is 11.1 Å². The summed E-state index contributed by atoms with van der Waals surface area (Å²) in [6, 6.07) is 6.03. The Kier molecular flexibility index (Phi) is 8.03. The number of hydrogen-bond donors (Lipinski definition) is 2. The van der Waals surface area contributed by atoms with E-state index in [1.165, 1.54) is 0 Å². The van der Waals surface area contributed by atoms with E-state index < -0.39 is 0 Å². The number of aryl methyl sites for hydroxylation is 2. The number of imidazole rings is 1. The quantitative estimate of drug-likeness (QED) is 0.659. The zero-order valence-corrected chi connectivity index (χ0v) is 12.5. The summed E-state index contributed by atoms with van der Waals surface area (Å²) in [6.45, 7) is 3.95. The molecule has 1 heterocycles. The second-order valence-corrected chi connectivity index (χ2v) is 4.15. The van der Waals surface area contributed by atoms with E-state index in [1.807, 2.05) is 31.6 Å². The van der Waals surface area contributed by atoms with Gasteiger partial charge in [-0.3, -0.25) is 0 Å². The van der Waals surface area contributed by atoms with Gasteiger partial charge in [0.2, 0.25) is 0 Å². The predicted molar refractivity (Wildman–Crippen MR) is 85.4 cm³/mol. The maximum absolute atomic E-state index is 5.77. The molecule has 6 heteroatoms. The number of nitrogens with two attached hydrogens (primary N) is 1. The van der Waals surface area contributed by atoms with Crippen LogP contribution in [-0.4, -0.2) is 16.1 Å². The van der Waals surface area contributed by atoms with Crippen LogP contribution in [0, 0.1) is 6.92 Å². The molecule has 2 rings (SSSR count). The van der Waals surface area contributed by atoms with Crippen LogP contribution in [0.2, 0.25) is 0 Å². The topological polar surface area (TPSA) is 55.9 Å². The van der Waals surface area contributed by atoms with E-state index in [4.69, 9.17) is 5.73 Å². The molecule has 3 N–H and O–H groups in total. The minimum atomic E-state index is 0. The molecule has 1 aromatic heterocycles. The van der Waals surface area contributed by atoms with Gasteiger partial charge in [0.25, 0.3) is 0 Å². The predicted octanol–water partition coefficient (Wildman–Crippen LogP) is 3.12. The SMILES string of the molecule is Cc1cc(NCCCn2ccnc2)ccc1N.Cl.Cl. The molecule has 0 amide bonds. The Bertz CT molecular complexity index is 472. The first kappa shape index (κ1) is 17.6. The number of nitrogen functional groups attached to an aromatic ring is 1. The summed E-state index contributed by atoms with van der Waals surface area (Å²) in [5.41, 5.74) is 8.85. The molecule has 19 heavy (non-hydrogen) atoms. The summed E-state index contributed by atoms with van der Waals surface area (Å²) in [4.78, 5) is 4.01. The van der Waals surface area contributed by atoms with Crippen LogP contribution in [0.15, 0.2) is 36.9 Å². The minimum absolute atomic E-state index is 0.